The van der Waals surface area contributed by atoms with Crippen molar-refractivity contribution in [1.29, 1.82) is 0 Å². The number of carbonyl (C=O) groups is 4. The van der Waals surface area contributed by atoms with E-state index in [1.54, 1.807) is 0 Å². The molecule has 0 spiro atoms. The zero-order chi connectivity index (χ0) is 24.9. The molecule has 2 aliphatic carbocycles. The van der Waals surface area contributed by atoms with Gasteiger partial charge >= 0.3 is 18.0 Å². The molecule has 0 bridgehead atoms. The van der Waals surface area contributed by atoms with Crippen LogP contribution in [0.1, 0.15) is 42.7 Å². The largest absolute Gasteiger partial charge is 0.480 e. The van der Waals surface area contributed by atoms with Gasteiger partial charge in [-0.1, -0.05) is 48.5 Å². The van der Waals surface area contributed by atoms with Gasteiger partial charge in [-0.05, 0) is 41.5 Å². The third-order valence-corrected chi connectivity index (χ3v) is 6.68. The molecule has 0 heterocycles. The maximum atomic E-state index is 12.5. The first kappa shape index (κ1) is 24.3. The average molecular weight is 481 g/mol. The lowest BCUT2D eigenvalue weighted by molar-refractivity contribution is -0.149. The first-order valence-electron chi connectivity index (χ1n) is 11.6. The van der Waals surface area contributed by atoms with Gasteiger partial charge in [0.2, 0.25) is 5.91 Å². The lowest BCUT2D eigenvalue weighted by Crippen LogP contribution is -2.45. The van der Waals surface area contributed by atoms with E-state index in [9.17, 15) is 24.3 Å². The van der Waals surface area contributed by atoms with Crippen molar-refractivity contribution in [3.63, 3.8) is 0 Å². The number of carboxylic acid groups (broad SMARTS) is 1. The van der Waals surface area contributed by atoms with E-state index in [0.717, 1.165) is 29.4 Å². The summed E-state index contributed by atoms with van der Waals surface area (Å²) >= 11 is 0. The number of hydrogen-bond acceptors (Lipinski definition) is 6. The molecule has 0 radical (unpaired) electrons. The molecule has 3 N–H and O–H groups in total. The van der Waals surface area contributed by atoms with Gasteiger partial charge in [0.15, 0.2) is 0 Å². The van der Waals surface area contributed by atoms with Gasteiger partial charge in [-0.15, -0.1) is 0 Å². The number of aliphatic carboxylic acids is 1. The molecule has 2 aliphatic rings. The molecule has 0 saturated heterocycles. The number of fused-ring (bicyclic) bond motifs is 3. The van der Waals surface area contributed by atoms with Crippen molar-refractivity contribution in [1.82, 2.24) is 10.6 Å². The number of carboxylic acids is 1. The smallest absolute Gasteiger partial charge is 0.407 e. The molecular formula is C26H28N2O7. The molecule has 2 aromatic rings. The fraction of sp³-hybridized carbons (Fsp3) is 0.385. The summed E-state index contributed by atoms with van der Waals surface area (Å²) in [5.74, 6) is -3.00. The van der Waals surface area contributed by atoms with Crippen molar-refractivity contribution >= 4 is 23.9 Å². The van der Waals surface area contributed by atoms with E-state index in [1.165, 1.54) is 0 Å². The van der Waals surface area contributed by atoms with Crippen molar-refractivity contribution in [2.24, 2.45) is 5.92 Å². The van der Waals surface area contributed by atoms with Crippen LogP contribution in [0.2, 0.25) is 0 Å². The third-order valence-electron chi connectivity index (χ3n) is 6.68. The summed E-state index contributed by atoms with van der Waals surface area (Å²) in [6.07, 6.45) is 0.417. The molecule has 9 nitrogen and oxygen atoms in total. The van der Waals surface area contributed by atoms with Crippen LogP contribution < -0.4 is 10.6 Å². The molecule has 2 amide bonds. The van der Waals surface area contributed by atoms with Crippen molar-refractivity contribution < 1.29 is 33.8 Å². The minimum absolute atomic E-state index is 0.0435. The first-order chi connectivity index (χ1) is 16.9. The highest BCUT2D eigenvalue weighted by molar-refractivity contribution is 5.88. The molecule has 35 heavy (non-hydrogen) atoms. The highest BCUT2D eigenvalue weighted by Crippen LogP contribution is 2.44. The van der Waals surface area contributed by atoms with Crippen LogP contribution in [0, 0.1) is 5.92 Å². The lowest BCUT2D eigenvalue weighted by atomic mass is 9.98. The fourth-order valence-corrected chi connectivity index (χ4v) is 4.90. The number of ether oxygens (including phenoxy) is 2. The van der Waals surface area contributed by atoms with Gasteiger partial charge in [0.05, 0.1) is 13.5 Å². The molecule has 9 heteroatoms. The van der Waals surface area contributed by atoms with E-state index in [1.807, 2.05) is 36.4 Å². The molecular weight excluding hydrogens is 452 g/mol. The highest BCUT2D eigenvalue weighted by Gasteiger charge is 2.34. The lowest BCUT2D eigenvalue weighted by Gasteiger charge is -2.18. The Morgan fingerprint density at radius 3 is 2.23 bits per heavy atom. The van der Waals surface area contributed by atoms with Crippen LogP contribution in [0.3, 0.4) is 0 Å². The zero-order valence-corrected chi connectivity index (χ0v) is 19.4. The number of carbonyl (C=O) groups excluding carboxylic acids is 3. The minimum atomic E-state index is -1.36. The Morgan fingerprint density at radius 1 is 1.00 bits per heavy atom. The van der Waals surface area contributed by atoms with E-state index in [-0.39, 0.29) is 18.6 Å². The van der Waals surface area contributed by atoms with Crippen molar-refractivity contribution in [3.05, 3.63) is 59.7 Å². The monoisotopic (exact) mass is 480 g/mol. The van der Waals surface area contributed by atoms with Crippen LogP contribution in [0.25, 0.3) is 11.1 Å². The van der Waals surface area contributed by atoms with Gasteiger partial charge in [-0.25, -0.2) is 9.59 Å². The summed E-state index contributed by atoms with van der Waals surface area (Å²) in [6.45, 7) is 0.199. The number of nitrogens with one attached hydrogen (secondary N) is 2. The zero-order valence-electron chi connectivity index (χ0n) is 19.4. The van der Waals surface area contributed by atoms with Crippen LogP contribution in [-0.2, 0) is 23.9 Å². The number of esters is 1. The van der Waals surface area contributed by atoms with Crippen LogP contribution in [0.5, 0.6) is 0 Å². The van der Waals surface area contributed by atoms with Gasteiger partial charge in [-0.3, -0.25) is 9.59 Å². The Morgan fingerprint density at radius 2 is 1.63 bits per heavy atom. The van der Waals surface area contributed by atoms with Gasteiger partial charge in [0.25, 0.3) is 0 Å². The quantitative estimate of drug-likeness (QED) is 0.495. The van der Waals surface area contributed by atoms with Gasteiger partial charge < -0.3 is 25.2 Å². The summed E-state index contributed by atoms with van der Waals surface area (Å²) in [5.41, 5.74) is 4.54. The normalized spacial score (nSPS) is 19.2. The van der Waals surface area contributed by atoms with Crippen LogP contribution in [-0.4, -0.2) is 54.8 Å². The summed E-state index contributed by atoms with van der Waals surface area (Å²) in [7, 11) is 1.15. The molecule has 1 saturated carbocycles. The van der Waals surface area contributed by atoms with E-state index in [0.29, 0.717) is 19.3 Å². The van der Waals surface area contributed by atoms with E-state index < -0.39 is 42.3 Å². The van der Waals surface area contributed by atoms with Gasteiger partial charge in [-0.2, -0.15) is 0 Å². The number of hydrogen-bond donors (Lipinski definition) is 3. The molecule has 4 rings (SSSR count). The van der Waals surface area contributed by atoms with Crippen molar-refractivity contribution in [2.75, 3.05) is 13.7 Å². The number of methoxy groups -OCH3 is 1. The molecule has 0 aromatic heterocycles. The summed E-state index contributed by atoms with van der Waals surface area (Å²) in [4.78, 5) is 47.8. The second kappa shape index (κ2) is 10.6. The number of rotatable bonds is 8. The number of benzene rings is 2. The van der Waals surface area contributed by atoms with Gasteiger partial charge in [0.1, 0.15) is 12.6 Å². The van der Waals surface area contributed by atoms with Gasteiger partial charge in [0, 0.05) is 17.9 Å². The Hall–Kier alpha value is -3.88. The second-order valence-electron chi connectivity index (χ2n) is 8.86. The van der Waals surface area contributed by atoms with E-state index >= 15 is 0 Å². The van der Waals surface area contributed by atoms with Crippen LogP contribution in [0.15, 0.2) is 48.5 Å². The molecule has 2 aromatic carbocycles. The predicted octanol–water partition coefficient (Wildman–Crippen LogP) is 2.83. The average Bonchev–Trinajstić information content (AvgIpc) is 3.45. The Labute approximate surface area is 202 Å². The Bertz CT molecular complexity index is 1090. The standard InChI is InChI=1S/C26H28N2O7/c1-34-23(29)13-22(25(31)32)28-24(30)15-10-11-16(12-15)27-26(33)35-14-21-19-8-4-2-6-17(19)18-7-3-5-9-20(18)21/h2-9,15-16,21-22H,10-14H2,1H3,(H,27,33)(H,28,30)(H,31,32)/t15-,16+,22+/m0/s1. The minimum Gasteiger partial charge on any atom is -0.480 e. The van der Waals surface area contributed by atoms with Crippen molar-refractivity contribution in [2.45, 2.75) is 43.7 Å². The number of amides is 2. The summed E-state index contributed by atoms with van der Waals surface area (Å²) in [5, 5.41) is 14.5. The fourth-order valence-electron chi connectivity index (χ4n) is 4.90. The Balaban J connectivity index is 1.28. The number of alkyl carbamates (subject to hydrolysis) is 1. The van der Waals surface area contributed by atoms with Crippen molar-refractivity contribution in [3.8, 4) is 11.1 Å². The Kier molecular flexibility index (Phi) is 7.33. The molecule has 0 aliphatic heterocycles. The summed E-state index contributed by atoms with van der Waals surface area (Å²) in [6, 6.07) is 14.5. The predicted molar refractivity (Wildman–Crippen MR) is 126 cm³/mol. The summed E-state index contributed by atoms with van der Waals surface area (Å²) < 4.78 is 10.1. The second-order valence-corrected chi connectivity index (χ2v) is 8.86. The van der Waals surface area contributed by atoms with Crippen LogP contribution in [0.4, 0.5) is 4.79 Å². The van der Waals surface area contributed by atoms with Crippen LogP contribution >= 0.6 is 0 Å². The maximum absolute atomic E-state index is 12.5. The first-order valence-corrected chi connectivity index (χ1v) is 11.6. The molecule has 1 fully saturated rings. The van der Waals surface area contributed by atoms with E-state index in [4.69, 9.17) is 4.74 Å². The molecule has 184 valence electrons. The van der Waals surface area contributed by atoms with E-state index in [2.05, 4.69) is 27.5 Å². The highest BCUT2D eigenvalue weighted by atomic mass is 16.5. The third kappa shape index (κ3) is 5.45. The topological polar surface area (TPSA) is 131 Å². The maximum Gasteiger partial charge on any atom is 0.407 e. The SMILES string of the molecule is COC(=O)C[C@@H](NC(=O)[C@H]1CC[C@@H](NC(=O)OCC2c3ccccc3-c3ccccc32)C1)C(=O)O. The molecule has 3 atom stereocenters. The molecule has 0 unspecified atom stereocenters.